The van der Waals surface area contributed by atoms with E-state index in [9.17, 15) is 4.79 Å². The van der Waals surface area contributed by atoms with Crippen molar-refractivity contribution in [2.24, 2.45) is 0 Å². The number of benzene rings is 2. The molecule has 0 spiro atoms. The summed E-state index contributed by atoms with van der Waals surface area (Å²) in [5.41, 5.74) is 2.52. The van der Waals surface area contributed by atoms with Crippen LogP contribution in [0.2, 0.25) is 0 Å². The first-order valence-corrected chi connectivity index (χ1v) is 7.54. The largest absolute Gasteiger partial charge is 0.494 e. The van der Waals surface area contributed by atoms with Crippen molar-refractivity contribution in [2.45, 2.75) is 12.3 Å². The number of carbonyl (C=O) groups excluding carboxylic acids is 1. The summed E-state index contributed by atoms with van der Waals surface area (Å²) in [6.07, 6.45) is 0. The zero-order valence-electron chi connectivity index (χ0n) is 11.2. The molecular weight excluding hydrogens is 318 g/mol. The summed E-state index contributed by atoms with van der Waals surface area (Å²) in [4.78, 5) is 12.1. The molecule has 20 heavy (non-hydrogen) atoms. The van der Waals surface area contributed by atoms with Gasteiger partial charge >= 0.3 is 0 Å². The number of hydrogen-bond acceptors (Lipinski definition) is 2. The average molecular weight is 334 g/mol. The van der Waals surface area contributed by atoms with Crippen LogP contribution in [0.5, 0.6) is 5.75 Å². The van der Waals surface area contributed by atoms with Gasteiger partial charge in [-0.25, -0.2) is 0 Å². The lowest BCUT2D eigenvalue weighted by Gasteiger charge is -2.07. The van der Waals surface area contributed by atoms with Crippen molar-refractivity contribution in [2.75, 3.05) is 11.9 Å². The number of carbonyl (C=O) groups is 1. The van der Waals surface area contributed by atoms with Crippen LogP contribution in [0.15, 0.2) is 48.5 Å². The number of ether oxygens (including phenoxy) is 1. The molecule has 0 aliphatic heterocycles. The van der Waals surface area contributed by atoms with Gasteiger partial charge in [-0.2, -0.15) is 0 Å². The van der Waals surface area contributed by atoms with Gasteiger partial charge in [0.05, 0.1) is 6.61 Å². The lowest BCUT2D eigenvalue weighted by molar-refractivity contribution is 0.102. The zero-order chi connectivity index (χ0) is 14.4. The number of amides is 1. The second-order valence-electron chi connectivity index (χ2n) is 4.25. The summed E-state index contributed by atoms with van der Waals surface area (Å²) in [5.74, 6) is 0.644. The average Bonchev–Trinajstić information content (AvgIpc) is 2.48. The fourth-order valence-electron chi connectivity index (χ4n) is 1.80. The molecule has 2 aromatic carbocycles. The van der Waals surface area contributed by atoms with Crippen molar-refractivity contribution in [1.82, 2.24) is 0 Å². The van der Waals surface area contributed by atoms with Crippen molar-refractivity contribution in [3.63, 3.8) is 0 Å². The van der Waals surface area contributed by atoms with E-state index in [2.05, 4.69) is 21.2 Å². The number of anilines is 1. The Bertz CT molecular complexity index is 581. The van der Waals surface area contributed by atoms with Gasteiger partial charge in [0.15, 0.2) is 0 Å². The number of rotatable bonds is 5. The van der Waals surface area contributed by atoms with Gasteiger partial charge in [-0.05, 0) is 48.9 Å². The minimum atomic E-state index is -0.125. The summed E-state index contributed by atoms with van der Waals surface area (Å²) in [7, 11) is 0. The Balaban J connectivity index is 2.07. The van der Waals surface area contributed by atoms with E-state index in [0.717, 1.165) is 22.3 Å². The number of halogens is 1. The molecule has 0 aliphatic rings. The molecule has 2 rings (SSSR count). The number of nitrogens with one attached hydrogen (secondary N) is 1. The molecule has 0 radical (unpaired) electrons. The number of alkyl halides is 1. The van der Waals surface area contributed by atoms with E-state index in [4.69, 9.17) is 4.74 Å². The van der Waals surface area contributed by atoms with Crippen LogP contribution in [0.25, 0.3) is 0 Å². The lowest BCUT2D eigenvalue weighted by atomic mass is 10.2. The van der Waals surface area contributed by atoms with E-state index >= 15 is 0 Å². The van der Waals surface area contributed by atoms with Gasteiger partial charge in [-0.3, -0.25) is 4.79 Å². The van der Waals surface area contributed by atoms with Crippen LogP contribution in [0.3, 0.4) is 0 Å². The summed E-state index contributed by atoms with van der Waals surface area (Å²) in [5, 5.41) is 3.65. The molecule has 0 fully saturated rings. The molecule has 0 saturated heterocycles. The third-order valence-corrected chi connectivity index (χ3v) is 3.41. The Hall–Kier alpha value is -1.81. The van der Waals surface area contributed by atoms with Crippen molar-refractivity contribution >= 4 is 27.5 Å². The van der Waals surface area contributed by atoms with Gasteiger partial charge in [0.25, 0.3) is 5.91 Å². The smallest absolute Gasteiger partial charge is 0.255 e. The van der Waals surface area contributed by atoms with Crippen LogP contribution in [0, 0.1) is 0 Å². The molecule has 1 amide bonds. The van der Waals surface area contributed by atoms with E-state index in [0.29, 0.717) is 12.2 Å². The molecule has 3 nitrogen and oxygen atoms in total. The first-order valence-electron chi connectivity index (χ1n) is 6.42. The van der Waals surface area contributed by atoms with E-state index in [1.807, 2.05) is 31.2 Å². The third kappa shape index (κ3) is 3.84. The zero-order valence-corrected chi connectivity index (χ0v) is 12.8. The molecule has 2 aromatic rings. The first kappa shape index (κ1) is 14.6. The minimum Gasteiger partial charge on any atom is -0.494 e. The molecule has 0 atom stereocenters. The van der Waals surface area contributed by atoms with Crippen LogP contribution in [0.4, 0.5) is 5.69 Å². The molecule has 0 heterocycles. The molecule has 1 N–H and O–H groups in total. The molecule has 104 valence electrons. The van der Waals surface area contributed by atoms with Crippen molar-refractivity contribution < 1.29 is 9.53 Å². The van der Waals surface area contributed by atoms with E-state index in [-0.39, 0.29) is 5.91 Å². The van der Waals surface area contributed by atoms with Gasteiger partial charge in [-0.1, -0.05) is 28.1 Å². The normalized spacial score (nSPS) is 10.1. The van der Waals surface area contributed by atoms with Crippen LogP contribution in [-0.2, 0) is 5.33 Å². The summed E-state index contributed by atoms with van der Waals surface area (Å²) < 4.78 is 5.35. The first-order chi connectivity index (χ1) is 9.72. The molecule has 0 saturated carbocycles. The standard InChI is InChI=1S/C16H16BrNO2/c1-2-20-15-8-6-13(7-9-15)16(19)18-14-5-3-4-12(10-14)11-17/h3-10H,2,11H2,1H3,(H,18,19). The fraction of sp³-hybridized carbons (Fsp3) is 0.188. The highest BCUT2D eigenvalue weighted by molar-refractivity contribution is 9.08. The van der Waals surface area contributed by atoms with Gasteiger partial charge in [0, 0.05) is 16.6 Å². The van der Waals surface area contributed by atoms with Crippen LogP contribution in [0.1, 0.15) is 22.8 Å². The Morgan fingerprint density at radius 2 is 1.95 bits per heavy atom. The Morgan fingerprint density at radius 1 is 1.20 bits per heavy atom. The summed E-state index contributed by atoms with van der Waals surface area (Å²) >= 11 is 3.40. The van der Waals surface area contributed by atoms with Crippen LogP contribution in [-0.4, -0.2) is 12.5 Å². The predicted molar refractivity (Wildman–Crippen MR) is 84.6 cm³/mol. The highest BCUT2D eigenvalue weighted by atomic mass is 79.9. The SMILES string of the molecule is CCOc1ccc(C(=O)Nc2cccc(CBr)c2)cc1. The second-order valence-corrected chi connectivity index (χ2v) is 4.81. The molecule has 0 bridgehead atoms. The second kappa shape index (κ2) is 7.10. The topological polar surface area (TPSA) is 38.3 Å². The van der Waals surface area contributed by atoms with Gasteiger partial charge in [0.2, 0.25) is 0 Å². The molecule has 0 unspecified atom stereocenters. The summed E-state index contributed by atoms with van der Waals surface area (Å²) in [6.45, 7) is 2.54. The maximum atomic E-state index is 12.1. The highest BCUT2D eigenvalue weighted by Crippen LogP contribution is 2.16. The Morgan fingerprint density at radius 3 is 2.60 bits per heavy atom. The van der Waals surface area contributed by atoms with E-state index in [1.54, 1.807) is 24.3 Å². The number of hydrogen-bond donors (Lipinski definition) is 1. The molecule has 4 heteroatoms. The molecule has 0 aromatic heterocycles. The Labute approximate surface area is 127 Å². The minimum absolute atomic E-state index is 0.125. The lowest BCUT2D eigenvalue weighted by Crippen LogP contribution is -2.11. The van der Waals surface area contributed by atoms with Crippen LogP contribution >= 0.6 is 15.9 Å². The highest BCUT2D eigenvalue weighted by Gasteiger charge is 2.06. The van der Waals surface area contributed by atoms with E-state index in [1.165, 1.54) is 0 Å². The van der Waals surface area contributed by atoms with Crippen LogP contribution < -0.4 is 10.1 Å². The van der Waals surface area contributed by atoms with E-state index < -0.39 is 0 Å². The predicted octanol–water partition coefficient (Wildman–Crippen LogP) is 4.23. The van der Waals surface area contributed by atoms with Crippen molar-refractivity contribution in [3.8, 4) is 5.75 Å². The maximum Gasteiger partial charge on any atom is 0.255 e. The Kier molecular flexibility index (Phi) is 5.18. The molecule has 0 aliphatic carbocycles. The quantitative estimate of drug-likeness (QED) is 0.831. The fourth-order valence-corrected chi connectivity index (χ4v) is 2.15. The van der Waals surface area contributed by atoms with Gasteiger partial charge in [0.1, 0.15) is 5.75 Å². The third-order valence-electron chi connectivity index (χ3n) is 2.77. The van der Waals surface area contributed by atoms with Crippen molar-refractivity contribution in [3.05, 3.63) is 59.7 Å². The van der Waals surface area contributed by atoms with Crippen molar-refractivity contribution in [1.29, 1.82) is 0 Å². The summed E-state index contributed by atoms with van der Waals surface area (Å²) in [6, 6.07) is 14.9. The monoisotopic (exact) mass is 333 g/mol. The van der Waals surface area contributed by atoms with Gasteiger partial charge < -0.3 is 10.1 Å². The maximum absolute atomic E-state index is 12.1. The van der Waals surface area contributed by atoms with Gasteiger partial charge in [-0.15, -0.1) is 0 Å². The molecular formula is C16H16BrNO2.